The van der Waals surface area contributed by atoms with E-state index in [-0.39, 0.29) is 42.0 Å². The van der Waals surface area contributed by atoms with Crippen LogP contribution in [-0.4, -0.2) is 36.5 Å². The lowest BCUT2D eigenvalue weighted by molar-refractivity contribution is -0.124. The number of fused-ring (bicyclic) bond motifs is 3. The van der Waals surface area contributed by atoms with E-state index in [9.17, 15) is 9.59 Å². The summed E-state index contributed by atoms with van der Waals surface area (Å²) >= 11 is 0. The lowest BCUT2D eigenvalue weighted by Gasteiger charge is -2.30. The molecule has 218 valence electrons. The Bertz CT molecular complexity index is 1470. The number of rotatable bonds is 6. The van der Waals surface area contributed by atoms with E-state index in [1.54, 1.807) is 0 Å². The van der Waals surface area contributed by atoms with Gasteiger partial charge in [-0.15, -0.1) is 0 Å². The predicted molar refractivity (Wildman–Crippen MR) is 165 cm³/mol. The number of carbonyl (C=O) groups is 2. The molecule has 5 N–H and O–H groups in total. The minimum atomic E-state index is -0.222. The maximum Gasteiger partial charge on any atom is 0.237 e. The van der Waals surface area contributed by atoms with E-state index in [4.69, 9.17) is 0 Å². The molecule has 4 aliphatic rings. The number of anilines is 1. The molecule has 2 heterocycles. The summed E-state index contributed by atoms with van der Waals surface area (Å²) in [5.41, 5.74) is 8.76. The molecule has 5 atom stereocenters. The van der Waals surface area contributed by atoms with Crippen molar-refractivity contribution in [3.8, 4) is 0 Å². The zero-order valence-electron chi connectivity index (χ0n) is 24.1. The van der Waals surface area contributed by atoms with Crippen LogP contribution in [0.1, 0.15) is 77.6 Å². The quantitative estimate of drug-likeness (QED) is 0.310. The van der Waals surface area contributed by atoms with Gasteiger partial charge in [-0.1, -0.05) is 54.6 Å². The Hall–Kier alpha value is -3.68. The predicted octanol–water partition coefficient (Wildman–Crippen LogP) is 4.23. The van der Waals surface area contributed by atoms with Crippen molar-refractivity contribution in [2.24, 2.45) is 0 Å². The molecule has 2 aliphatic carbocycles. The largest absolute Gasteiger partial charge is 0.381 e. The summed E-state index contributed by atoms with van der Waals surface area (Å²) in [6, 6.07) is 23.4. The second-order valence-corrected chi connectivity index (χ2v) is 12.5. The first kappa shape index (κ1) is 27.2. The lowest BCUT2D eigenvalue weighted by Crippen LogP contribution is -2.48. The lowest BCUT2D eigenvalue weighted by atomic mass is 9.87. The van der Waals surface area contributed by atoms with E-state index in [0.29, 0.717) is 13.0 Å². The van der Waals surface area contributed by atoms with Crippen molar-refractivity contribution in [1.82, 2.24) is 21.3 Å². The topological polar surface area (TPSA) is 94.3 Å². The van der Waals surface area contributed by atoms with Crippen LogP contribution in [0.2, 0.25) is 0 Å². The first-order chi connectivity index (χ1) is 20.6. The minimum Gasteiger partial charge on any atom is -0.381 e. The standard InChI is InChI=1S/C35H41N5O2/c41-34(39-30-13-5-9-22-7-1-3-11-28(22)30)32-18-24-15-16-26(17-25(24)20-36-32)38-27-19-33(37-21-27)35(42)40-31-14-6-10-23-8-2-4-12-29(23)31/h1-4,7-8,11-12,15-17,27,30-33,36-38H,5-6,9-10,13-14,18-21H2,(H,39,41)(H,40,42)/t27-,30+,31+,32-,33-/m0/s1. The highest BCUT2D eigenvalue weighted by Gasteiger charge is 2.32. The number of carbonyl (C=O) groups excluding carboxylic acids is 2. The number of hydrogen-bond acceptors (Lipinski definition) is 5. The van der Waals surface area contributed by atoms with Crippen molar-refractivity contribution in [2.75, 3.05) is 11.9 Å². The van der Waals surface area contributed by atoms with Gasteiger partial charge in [-0.3, -0.25) is 9.59 Å². The molecule has 0 aromatic heterocycles. The van der Waals surface area contributed by atoms with Gasteiger partial charge >= 0.3 is 0 Å². The number of benzene rings is 3. The summed E-state index contributed by atoms with van der Waals surface area (Å²) in [7, 11) is 0. The molecule has 1 fully saturated rings. The highest BCUT2D eigenvalue weighted by molar-refractivity contribution is 5.83. The van der Waals surface area contributed by atoms with Gasteiger partial charge < -0.3 is 26.6 Å². The van der Waals surface area contributed by atoms with E-state index in [2.05, 4.69) is 93.3 Å². The van der Waals surface area contributed by atoms with Crippen LogP contribution in [0.5, 0.6) is 0 Å². The molecule has 0 bridgehead atoms. The summed E-state index contributed by atoms with van der Waals surface area (Å²) in [6.45, 7) is 1.42. The van der Waals surface area contributed by atoms with E-state index in [1.807, 2.05) is 0 Å². The molecule has 3 aromatic carbocycles. The monoisotopic (exact) mass is 563 g/mol. The Kier molecular flexibility index (Phi) is 7.70. The van der Waals surface area contributed by atoms with Crippen LogP contribution >= 0.6 is 0 Å². The van der Waals surface area contributed by atoms with Crippen molar-refractivity contribution >= 4 is 17.5 Å². The first-order valence-corrected chi connectivity index (χ1v) is 15.7. The Morgan fingerprint density at radius 1 is 0.690 bits per heavy atom. The molecule has 7 nitrogen and oxygen atoms in total. The summed E-state index contributed by atoms with van der Waals surface area (Å²) in [6.07, 6.45) is 7.83. The summed E-state index contributed by atoms with van der Waals surface area (Å²) in [5.74, 6) is 0.180. The smallest absolute Gasteiger partial charge is 0.237 e. The molecule has 0 spiro atoms. The molecule has 2 aliphatic heterocycles. The molecule has 42 heavy (non-hydrogen) atoms. The van der Waals surface area contributed by atoms with Crippen LogP contribution in [0.3, 0.4) is 0 Å². The maximum absolute atomic E-state index is 13.2. The number of hydrogen-bond donors (Lipinski definition) is 5. The van der Waals surface area contributed by atoms with Gasteiger partial charge in [0.25, 0.3) is 0 Å². The third-order valence-electron chi connectivity index (χ3n) is 9.68. The molecular formula is C35H41N5O2. The Morgan fingerprint density at radius 3 is 2.02 bits per heavy atom. The van der Waals surface area contributed by atoms with Gasteiger partial charge in [0.2, 0.25) is 11.8 Å². The van der Waals surface area contributed by atoms with Crippen LogP contribution in [0, 0.1) is 0 Å². The van der Waals surface area contributed by atoms with Gasteiger partial charge in [0, 0.05) is 24.8 Å². The van der Waals surface area contributed by atoms with Crippen LogP contribution in [0.15, 0.2) is 66.7 Å². The second kappa shape index (κ2) is 11.9. The van der Waals surface area contributed by atoms with Crippen molar-refractivity contribution in [1.29, 1.82) is 0 Å². The normalized spacial score (nSPS) is 26.3. The van der Waals surface area contributed by atoms with E-state index >= 15 is 0 Å². The Morgan fingerprint density at radius 2 is 1.33 bits per heavy atom. The zero-order valence-corrected chi connectivity index (χ0v) is 24.1. The molecule has 7 rings (SSSR count). The fourth-order valence-corrected chi connectivity index (χ4v) is 7.42. The number of nitrogens with one attached hydrogen (secondary N) is 5. The van der Waals surface area contributed by atoms with Crippen molar-refractivity contribution < 1.29 is 9.59 Å². The molecule has 1 saturated heterocycles. The molecule has 0 saturated carbocycles. The van der Waals surface area contributed by atoms with Gasteiger partial charge in [-0.2, -0.15) is 0 Å². The van der Waals surface area contributed by atoms with Crippen molar-refractivity contribution in [2.45, 2.75) is 88.1 Å². The molecule has 3 aromatic rings. The Labute approximate surface area is 248 Å². The number of amides is 2. The average molecular weight is 564 g/mol. The minimum absolute atomic E-state index is 0.0858. The van der Waals surface area contributed by atoms with Crippen LogP contribution in [-0.2, 0) is 35.4 Å². The van der Waals surface area contributed by atoms with Crippen LogP contribution in [0.4, 0.5) is 5.69 Å². The third-order valence-corrected chi connectivity index (χ3v) is 9.68. The second-order valence-electron chi connectivity index (χ2n) is 12.5. The summed E-state index contributed by atoms with van der Waals surface area (Å²) in [4.78, 5) is 26.4. The van der Waals surface area contributed by atoms with Crippen molar-refractivity contribution in [3.05, 3.63) is 100 Å². The fourth-order valence-electron chi connectivity index (χ4n) is 7.42. The maximum atomic E-state index is 13.2. The highest BCUT2D eigenvalue weighted by Crippen LogP contribution is 2.31. The Balaban J connectivity index is 0.922. The molecule has 7 heteroatoms. The highest BCUT2D eigenvalue weighted by atomic mass is 16.2. The van der Waals surface area contributed by atoms with Crippen LogP contribution < -0.4 is 26.6 Å². The first-order valence-electron chi connectivity index (χ1n) is 15.7. The molecule has 0 unspecified atom stereocenters. The SMILES string of the molecule is O=C(N[C@@H]1CCCc2ccccc21)[C@@H]1Cc2ccc(N[C@@H]3CN[C@H](C(=O)N[C@@H]4CCCc5ccccc54)C3)cc2CN1. The number of aryl methyl sites for hydroxylation is 2. The van der Waals surface area contributed by atoms with Gasteiger partial charge in [-0.25, -0.2) is 0 Å². The fraction of sp³-hybridized carbons (Fsp3) is 0.429. The third kappa shape index (κ3) is 5.68. The van der Waals surface area contributed by atoms with Crippen LogP contribution in [0.25, 0.3) is 0 Å². The molecule has 2 amide bonds. The van der Waals surface area contributed by atoms with Gasteiger partial charge in [-0.05, 0) is 96.9 Å². The zero-order chi connectivity index (χ0) is 28.5. The van der Waals surface area contributed by atoms with Gasteiger partial charge in [0.1, 0.15) is 0 Å². The average Bonchev–Trinajstić information content (AvgIpc) is 3.50. The van der Waals surface area contributed by atoms with E-state index < -0.39 is 0 Å². The van der Waals surface area contributed by atoms with E-state index in [0.717, 1.165) is 57.2 Å². The molecule has 0 radical (unpaired) electrons. The summed E-state index contributed by atoms with van der Waals surface area (Å²) < 4.78 is 0. The van der Waals surface area contributed by atoms with Gasteiger partial charge in [0.05, 0.1) is 24.2 Å². The van der Waals surface area contributed by atoms with Gasteiger partial charge in [0.15, 0.2) is 0 Å². The molecular weight excluding hydrogens is 522 g/mol. The van der Waals surface area contributed by atoms with Crippen molar-refractivity contribution in [3.63, 3.8) is 0 Å². The van der Waals surface area contributed by atoms with E-state index in [1.165, 1.54) is 33.4 Å². The summed E-state index contributed by atoms with van der Waals surface area (Å²) in [5, 5.41) is 17.2.